The van der Waals surface area contributed by atoms with Gasteiger partial charge in [-0.25, -0.2) is 0 Å². The molecule has 0 heterocycles. The van der Waals surface area contributed by atoms with E-state index in [0.29, 0.717) is 13.1 Å². The average molecular weight is 229 g/mol. The molecule has 1 N–H and O–H groups in total. The molecule has 0 aliphatic rings. The molecule has 0 unspecified atom stereocenters. The van der Waals surface area contributed by atoms with Crippen molar-refractivity contribution in [2.24, 2.45) is 0 Å². The quantitative estimate of drug-likeness (QED) is 0.388. The zero-order valence-corrected chi connectivity index (χ0v) is 9.95. The Balaban J connectivity index is 2.87. The smallest absolute Gasteiger partial charge is 0.293 e. The first kappa shape index (κ1) is 14.9. The lowest BCUT2D eigenvalue weighted by Crippen LogP contribution is -2.11. The van der Waals surface area contributed by atoms with Gasteiger partial charge in [-0.15, -0.1) is 0 Å². The van der Waals surface area contributed by atoms with E-state index >= 15 is 0 Å². The minimum atomic E-state index is 0.507. The highest BCUT2D eigenvalue weighted by molar-refractivity contribution is 5.45. The van der Waals surface area contributed by atoms with Crippen molar-refractivity contribution in [3.8, 4) is 0 Å². The van der Waals surface area contributed by atoms with Gasteiger partial charge in [0, 0.05) is 6.54 Å². The van der Waals surface area contributed by atoms with E-state index in [1.165, 1.54) is 32.1 Å². The number of hydrogen-bond acceptors (Lipinski definition) is 3. The molecule has 0 saturated carbocycles. The van der Waals surface area contributed by atoms with Crippen LogP contribution in [0, 0.1) is 0 Å². The van der Waals surface area contributed by atoms with E-state index in [2.05, 4.69) is 10.1 Å². The van der Waals surface area contributed by atoms with Gasteiger partial charge >= 0.3 is 0 Å². The zero-order valence-electron chi connectivity index (χ0n) is 9.95. The summed E-state index contributed by atoms with van der Waals surface area (Å²) in [6, 6.07) is 0. The molecule has 0 aliphatic heterocycles. The van der Waals surface area contributed by atoms with E-state index in [9.17, 15) is 9.59 Å². The molecule has 0 rings (SSSR count). The molecule has 4 nitrogen and oxygen atoms in total. The van der Waals surface area contributed by atoms with Crippen LogP contribution in [-0.2, 0) is 14.3 Å². The normalized spacial score (nSPS) is 9.75. The van der Waals surface area contributed by atoms with Crippen LogP contribution in [0.3, 0.4) is 0 Å². The van der Waals surface area contributed by atoms with Crippen LogP contribution in [0.5, 0.6) is 0 Å². The van der Waals surface area contributed by atoms with E-state index in [0.717, 1.165) is 32.2 Å². The predicted molar refractivity (Wildman–Crippen MR) is 63.0 cm³/mol. The summed E-state index contributed by atoms with van der Waals surface area (Å²) in [6.45, 7) is 1.86. The van der Waals surface area contributed by atoms with Gasteiger partial charge in [0.05, 0.1) is 6.61 Å². The van der Waals surface area contributed by atoms with Gasteiger partial charge in [0.2, 0.25) is 6.41 Å². The summed E-state index contributed by atoms with van der Waals surface area (Å²) >= 11 is 0. The molecule has 0 saturated heterocycles. The van der Waals surface area contributed by atoms with Gasteiger partial charge in [0.15, 0.2) is 0 Å². The van der Waals surface area contributed by atoms with E-state index in [1.54, 1.807) is 0 Å². The van der Waals surface area contributed by atoms with Crippen molar-refractivity contribution in [3.63, 3.8) is 0 Å². The first-order chi connectivity index (χ1) is 7.91. The molecule has 1 amide bonds. The molecule has 0 fully saturated rings. The van der Waals surface area contributed by atoms with Crippen molar-refractivity contribution in [1.29, 1.82) is 0 Å². The van der Waals surface area contributed by atoms with Crippen molar-refractivity contribution in [1.82, 2.24) is 5.32 Å². The maximum absolute atomic E-state index is 9.94. The Morgan fingerprint density at radius 1 is 0.812 bits per heavy atom. The second-order valence-corrected chi connectivity index (χ2v) is 3.87. The molecule has 0 radical (unpaired) electrons. The Morgan fingerprint density at radius 2 is 1.38 bits per heavy atom. The fourth-order valence-corrected chi connectivity index (χ4v) is 1.58. The third kappa shape index (κ3) is 12.9. The predicted octanol–water partition coefficient (Wildman–Crippen LogP) is 2.03. The van der Waals surface area contributed by atoms with E-state index in [1.807, 2.05) is 0 Å². The molecule has 4 heteroatoms. The number of amides is 1. The average Bonchev–Trinajstić information content (AvgIpc) is 2.31. The minimum Gasteiger partial charge on any atom is -0.468 e. The van der Waals surface area contributed by atoms with Crippen LogP contribution < -0.4 is 5.32 Å². The molecule has 0 aromatic rings. The van der Waals surface area contributed by atoms with Crippen LogP contribution in [0.15, 0.2) is 0 Å². The molecular weight excluding hydrogens is 206 g/mol. The van der Waals surface area contributed by atoms with Crippen LogP contribution in [0.1, 0.15) is 51.4 Å². The SMILES string of the molecule is O=CNCCCCCCCCCCOC=O. The topological polar surface area (TPSA) is 55.4 Å². The summed E-state index contributed by atoms with van der Waals surface area (Å²) in [5.41, 5.74) is 0. The minimum absolute atomic E-state index is 0.507. The third-order valence-electron chi connectivity index (χ3n) is 2.48. The fourth-order valence-electron chi connectivity index (χ4n) is 1.58. The van der Waals surface area contributed by atoms with E-state index in [4.69, 9.17) is 0 Å². The second-order valence-electron chi connectivity index (χ2n) is 3.87. The largest absolute Gasteiger partial charge is 0.468 e. The monoisotopic (exact) mass is 229 g/mol. The number of rotatable bonds is 13. The molecule has 0 atom stereocenters. The Morgan fingerprint density at radius 3 is 1.94 bits per heavy atom. The number of unbranched alkanes of at least 4 members (excludes halogenated alkanes) is 7. The van der Waals surface area contributed by atoms with Crippen LogP contribution in [0.2, 0.25) is 0 Å². The molecule has 0 aromatic carbocycles. The van der Waals surface area contributed by atoms with Gasteiger partial charge in [-0.1, -0.05) is 38.5 Å². The Bertz CT molecular complexity index is 144. The van der Waals surface area contributed by atoms with Gasteiger partial charge < -0.3 is 10.1 Å². The summed E-state index contributed by atoms with van der Waals surface area (Å²) in [7, 11) is 0. The number of nitrogens with one attached hydrogen (secondary N) is 1. The van der Waals surface area contributed by atoms with Crippen molar-refractivity contribution in [2.45, 2.75) is 51.4 Å². The first-order valence-corrected chi connectivity index (χ1v) is 6.14. The van der Waals surface area contributed by atoms with Crippen LogP contribution >= 0.6 is 0 Å². The van der Waals surface area contributed by atoms with Crippen molar-refractivity contribution >= 4 is 12.9 Å². The summed E-state index contributed by atoms with van der Waals surface area (Å²) in [5, 5.41) is 2.66. The Labute approximate surface area is 97.7 Å². The maximum atomic E-state index is 9.94. The lowest BCUT2D eigenvalue weighted by atomic mass is 10.1. The van der Waals surface area contributed by atoms with Crippen LogP contribution in [0.25, 0.3) is 0 Å². The first-order valence-electron chi connectivity index (χ1n) is 6.14. The zero-order chi connectivity index (χ0) is 11.9. The van der Waals surface area contributed by atoms with Gasteiger partial charge in [0.1, 0.15) is 0 Å². The summed E-state index contributed by atoms with van der Waals surface area (Å²) < 4.78 is 4.60. The standard InChI is InChI=1S/C12H23NO3/c14-11-13-9-7-5-3-1-2-4-6-8-10-16-12-15/h11-12H,1-10H2,(H,13,14). The molecule has 0 aromatic heterocycles. The van der Waals surface area contributed by atoms with Gasteiger partial charge in [-0.2, -0.15) is 0 Å². The van der Waals surface area contributed by atoms with Crippen LogP contribution in [-0.4, -0.2) is 26.0 Å². The third-order valence-corrected chi connectivity index (χ3v) is 2.48. The highest BCUT2D eigenvalue weighted by Crippen LogP contribution is 2.08. The van der Waals surface area contributed by atoms with Crippen molar-refractivity contribution < 1.29 is 14.3 Å². The number of carbonyl (C=O) groups is 2. The van der Waals surface area contributed by atoms with Gasteiger partial charge in [-0.3, -0.25) is 9.59 Å². The number of hydrogen-bond donors (Lipinski definition) is 1. The fraction of sp³-hybridized carbons (Fsp3) is 0.833. The lowest BCUT2D eigenvalue weighted by molar-refractivity contribution is -0.128. The van der Waals surface area contributed by atoms with Crippen molar-refractivity contribution in [2.75, 3.05) is 13.2 Å². The molecule has 0 bridgehead atoms. The summed E-state index contributed by atoms with van der Waals surface area (Å²) in [4.78, 5) is 19.8. The molecule has 0 spiro atoms. The maximum Gasteiger partial charge on any atom is 0.293 e. The van der Waals surface area contributed by atoms with E-state index < -0.39 is 0 Å². The lowest BCUT2D eigenvalue weighted by Gasteiger charge is -2.02. The summed E-state index contributed by atoms with van der Waals surface area (Å²) in [5.74, 6) is 0. The van der Waals surface area contributed by atoms with Gasteiger partial charge in [0.25, 0.3) is 6.47 Å². The Kier molecular flexibility index (Phi) is 13.0. The second kappa shape index (κ2) is 13.9. The number of carbonyl (C=O) groups excluding carboxylic acids is 2. The Hall–Kier alpha value is -1.06. The van der Waals surface area contributed by atoms with E-state index in [-0.39, 0.29) is 0 Å². The molecule has 0 aliphatic carbocycles. The van der Waals surface area contributed by atoms with Gasteiger partial charge in [-0.05, 0) is 12.8 Å². The molecule has 94 valence electrons. The van der Waals surface area contributed by atoms with Crippen molar-refractivity contribution in [3.05, 3.63) is 0 Å². The highest BCUT2D eigenvalue weighted by atomic mass is 16.5. The van der Waals surface area contributed by atoms with Crippen LogP contribution in [0.4, 0.5) is 0 Å². The number of ether oxygens (including phenoxy) is 1. The molecule has 16 heavy (non-hydrogen) atoms. The molecular formula is C12H23NO3. The summed E-state index contributed by atoms with van der Waals surface area (Å²) in [6.07, 6.45) is 10.1. The highest BCUT2D eigenvalue weighted by Gasteiger charge is 1.92.